The minimum Gasteiger partial charge on any atom is -0.459 e. The second kappa shape index (κ2) is 8.15. The predicted octanol–water partition coefficient (Wildman–Crippen LogP) is -0.0514. The molecule has 0 bridgehead atoms. The monoisotopic (exact) mass is 268 g/mol. The Morgan fingerprint density at radius 1 is 1.63 bits per heavy atom. The van der Waals surface area contributed by atoms with E-state index in [0.717, 1.165) is 0 Å². The van der Waals surface area contributed by atoms with Crippen LogP contribution in [0.15, 0.2) is 27.8 Å². The first-order valence-electron chi connectivity index (χ1n) is 6.00. The molecule has 0 aliphatic heterocycles. The van der Waals surface area contributed by atoms with E-state index >= 15 is 0 Å². The van der Waals surface area contributed by atoms with E-state index in [1.165, 1.54) is 6.26 Å². The highest BCUT2D eigenvalue weighted by Crippen LogP contribution is 1.98. The van der Waals surface area contributed by atoms with Gasteiger partial charge in [0.1, 0.15) is 0 Å². The summed E-state index contributed by atoms with van der Waals surface area (Å²) in [5.41, 5.74) is 5.67. The summed E-state index contributed by atoms with van der Waals surface area (Å²) < 4.78 is 9.92. The molecular formula is C12H20N4O3. The van der Waals surface area contributed by atoms with Crippen LogP contribution in [-0.2, 0) is 4.74 Å². The van der Waals surface area contributed by atoms with E-state index in [4.69, 9.17) is 14.9 Å². The quantitative estimate of drug-likeness (QED) is 0.365. The van der Waals surface area contributed by atoms with E-state index in [2.05, 4.69) is 15.6 Å². The van der Waals surface area contributed by atoms with Crippen molar-refractivity contribution in [3.63, 3.8) is 0 Å². The Labute approximate surface area is 112 Å². The Morgan fingerprint density at radius 2 is 2.42 bits per heavy atom. The number of ether oxygens (including phenoxy) is 1. The van der Waals surface area contributed by atoms with Gasteiger partial charge in [-0.3, -0.25) is 9.79 Å². The molecule has 0 radical (unpaired) electrons. The third-order valence-corrected chi connectivity index (χ3v) is 2.24. The van der Waals surface area contributed by atoms with Crippen LogP contribution in [0.25, 0.3) is 0 Å². The van der Waals surface area contributed by atoms with Gasteiger partial charge in [-0.25, -0.2) is 0 Å². The number of nitrogens with one attached hydrogen (secondary N) is 2. The van der Waals surface area contributed by atoms with Crippen molar-refractivity contribution in [2.75, 3.05) is 26.8 Å². The topological polar surface area (TPSA) is 102 Å². The van der Waals surface area contributed by atoms with Crippen molar-refractivity contribution in [2.24, 2.45) is 10.7 Å². The number of carbonyl (C=O) groups excluding carboxylic acids is 1. The van der Waals surface area contributed by atoms with E-state index in [0.29, 0.717) is 25.7 Å². The zero-order valence-corrected chi connectivity index (χ0v) is 11.2. The van der Waals surface area contributed by atoms with Crippen molar-refractivity contribution in [3.05, 3.63) is 24.2 Å². The van der Waals surface area contributed by atoms with Gasteiger partial charge < -0.3 is 25.5 Å². The van der Waals surface area contributed by atoms with E-state index in [-0.39, 0.29) is 17.7 Å². The van der Waals surface area contributed by atoms with Crippen LogP contribution in [0.5, 0.6) is 0 Å². The highest BCUT2D eigenvalue weighted by Gasteiger charge is 2.06. The van der Waals surface area contributed by atoms with Crippen LogP contribution in [0.2, 0.25) is 0 Å². The summed E-state index contributed by atoms with van der Waals surface area (Å²) in [7, 11) is 1.62. The Kier molecular flexibility index (Phi) is 6.45. The fourth-order valence-corrected chi connectivity index (χ4v) is 1.43. The average Bonchev–Trinajstić information content (AvgIpc) is 2.88. The molecule has 0 saturated carbocycles. The number of nitrogens with two attached hydrogens (primary N) is 1. The Bertz CT molecular complexity index is 403. The number of nitrogens with zero attached hydrogens (tertiary/aromatic N) is 1. The summed E-state index contributed by atoms with van der Waals surface area (Å²) in [6.45, 7) is 3.27. The molecule has 106 valence electrons. The van der Waals surface area contributed by atoms with Crippen molar-refractivity contribution in [1.29, 1.82) is 0 Å². The number of aliphatic imine (C=N–C) groups is 1. The lowest BCUT2D eigenvalue weighted by molar-refractivity contribution is 0.0927. The molecule has 4 N–H and O–H groups in total. The van der Waals surface area contributed by atoms with Crippen molar-refractivity contribution >= 4 is 11.9 Å². The molecule has 19 heavy (non-hydrogen) atoms. The van der Waals surface area contributed by atoms with Gasteiger partial charge in [-0.2, -0.15) is 0 Å². The van der Waals surface area contributed by atoms with Crippen LogP contribution in [0.1, 0.15) is 17.5 Å². The lowest BCUT2D eigenvalue weighted by atomic mass is 10.4. The molecule has 7 heteroatoms. The minimum atomic E-state index is -0.264. The lowest BCUT2D eigenvalue weighted by Crippen LogP contribution is -2.41. The molecule has 1 unspecified atom stereocenters. The zero-order chi connectivity index (χ0) is 14.1. The molecule has 1 aromatic rings. The number of carbonyl (C=O) groups is 1. The molecule has 1 heterocycles. The van der Waals surface area contributed by atoms with Crippen LogP contribution in [-0.4, -0.2) is 44.7 Å². The summed E-state index contributed by atoms with van der Waals surface area (Å²) in [5, 5.41) is 5.64. The third kappa shape index (κ3) is 5.91. The normalized spacial score (nSPS) is 13.1. The molecule has 7 nitrogen and oxygen atoms in total. The fourth-order valence-electron chi connectivity index (χ4n) is 1.43. The van der Waals surface area contributed by atoms with Crippen LogP contribution in [0.3, 0.4) is 0 Å². The van der Waals surface area contributed by atoms with Crippen molar-refractivity contribution < 1.29 is 13.9 Å². The first-order chi connectivity index (χ1) is 9.13. The average molecular weight is 268 g/mol. The second-order valence-electron chi connectivity index (χ2n) is 4.00. The third-order valence-electron chi connectivity index (χ3n) is 2.24. The molecule has 0 aromatic carbocycles. The Balaban J connectivity index is 2.20. The van der Waals surface area contributed by atoms with Crippen LogP contribution >= 0.6 is 0 Å². The highest BCUT2D eigenvalue weighted by molar-refractivity contribution is 5.91. The lowest BCUT2D eigenvalue weighted by Gasteiger charge is -2.13. The number of amides is 1. The van der Waals surface area contributed by atoms with E-state index in [1.54, 1.807) is 19.2 Å². The van der Waals surface area contributed by atoms with Crippen LogP contribution in [0, 0.1) is 0 Å². The maximum Gasteiger partial charge on any atom is 0.287 e. The van der Waals surface area contributed by atoms with Gasteiger partial charge in [0.15, 0.2) is 11.7 Å². The van der Waals surface area contributed by atoms with Crippen LogP contribution in [0.4, 0.5) is 0 Å². The van der Waals surface area contributed by atoms with Gasteiger partial charge in [-0.1, -0.05) is 0 Å². The molecule has 0 spiro atoms. The molecular weight excluding hydrogens is 248 g/mol. The van der Waals surface area contributed by atoms with Gasteiger partial charge in [0.2, 0.25) is 0 Å². The number of methoxy groups -OCH3 is 1. The van der Waals surface area contributed by atoms with E-state index in [9.17, 15) is 4.79 Å². The standard InChI is InChI=1S/C12H20N4O3/c1-9(8-18-2)16-12(13)15-6-5-14-11(17)10-4-3-7-19-10/h3-4,7,9H,5-6,8H2,1-2H3,(H,14,17)(H3,13,15,16). The minimum absolute atomic E-state index is 0.0893. The zero-order valence-electron chi connectivity index (χ0n) is 11.2. The number of hydrogen-bond donors (Lipinski definition) is 3. The van der Waals surface area contributed by atoms with Gasteiger partial charge in [0.25, 0.3) is 5.91 Å². The molecule has 1 aromatic heterocycles. The molecule has 0 aliphatic rings. The number of guanidine groups is 1. The van der Waals surface area contributed by atoms with Crippen molar-refractivity contribution in [1.82, 2.24) is 10.6 Å². The molecule has 0 fully saturated rings. The van der Waals surface area contributed by atoms with E-state index < -0.39 is 0 Å². The summed E-state index contributed by atoms with van der Waals surface area (Å²) >= 11 is 0. The fraction of sp³-hybridized carbons (Fsp3) is 0.500. The largest absolute Gasteiger partial charge is 0.459 e. The van der Waals surface area contributed by atoms with Crippen molar-refractivity contribution in [3.8, 4) is 0 Å². The van der Waals surface area contributed by atoms with Gasteiger partial charge in [-0.15, -0.1) is 0 Å². The predicted molar refractivity (Wildman–Crippen MR) is 72.0 cm³/mol. The summed E-state index contributed by atoms with van der Waals surface area (Å²) in [6.07, 6.45) is 1.45. The summed E-state index contributed by atoms with van der Waals surface area (Å²) in [5.74, 6) is 0.347. The molecule has 1 atom stereocenters. The summed E-state index contributed by atoms with van der Waals surface area (Å²) in [4.78, 5) is 15.6. The van der Waals surface area contributed by atoms with Gasteiger partial charge >= 0.3 is 0 Å². The van der Waals surface area contributed by atoms with E-state index in [1.807, 2.05) is 6.92 Å². The summed E-state index contributed by atoms with van der Waals surface area (Å²) in [6, 6.07) is 3.35. The molecule has 0 aliphatic carbocycles. The molecule has 0 saturated heterocycles. The Hall–Kier alpha value is -2.02. The number of furan rings is 1. The van der Waals surface area contributed by atoms with Crippen molar-refractivity contribution in [2.45, 2.75) is 13.0 Å². The maximum absolute atomic E-state index is 11.5. The highest BCUT2D eigenvalue weighted by atomic mass is 16.5. The number of rotatable bonds is 7. The Morgan fingerprint density at radius 3 is 3.05 bits per heavy atom. The van der Waals surface area contributed by atoms with Crippen LogP contribution < -0.4 is 16.4 Å². The molecule has 1 amide bonds. The maximum atomic E-state index is 11.5. The second-order valence-corrected chi connectivity index (χ2v) is 4.00. The smallest absolute Gasteiger partial charge is 0.287 e. The molecule has 1 rings (SSSR count). The van der Waals surface area contributed by atoms with Gasteiger partial charge in [0, 0.05) is 19.7 Å². The first kappa shape index (κ1) is 15.0. The van der Waals surface area contributed by atoms with Gasteiger partial charge in [-0.05, 0) is 19.1 Å². The van der Waals surface area contributed by atoms with Gasteiger partial charge in [0.05, 0.1) is 19.4 Å². The first-order valence-corrected chi connectivity index (χ1v) is 6.00. The number of hydrogen-bond acceptors (Lipinski definition) is 4. The SMILES string of the molecule is COCC(C)NC(N)=NCCNC(=O)c1ccco1.